The molecule has 1 aromatic carbocycles. The lowest BCUT2D eigenvalue weighted by atomic mass is 10.1. The van der Waals surface area contributed by atoms with E-state index in [4.69, 9.17) is 5.11 Å². The molecule has 0 fully saturated rings. The highest BCUT2D eigenvalue weighted by atomic mass is 16.3. The highest BCUT2D eigenvalue weighted by molar-refractivity contribution is 5.93. The molecule has 0 aliphatic heterocycles. The second-order valence-corrected chi connectivity index (χ2v) is 4.42. The first kappa shape index (κ1) is 13.1. The first-order valence-corrected chi connectivity index (χ1v) is 6.13. The number of nitrogens with one attached hydrogen (secondary N) is 1. The smallest absolute Gasteiger partial charge is 0.252 e. The number of aromatic nitrogens is 1. The summed E-state index contributed by atoms with van der Waals surface area (Å²) in [6.45, 7) is 2.46. The van der Waals surface area contributed by atoms with Crippen LogP contribution in [0.15, 0.2) is 42.7 Å². The van der Waals surface area contributed by atoms with Crippen molar-refractivity contribution in [3.63, 3.8) is 0 Å². The molecular weight excluding hydrogens is 240 g/mol. The van der Waals surface area contributed by atoms with Crippen LogP contribution in [-0.2, 0) is 6.42 Å². The summed E-state index contributed by atoms with van der Waals surface area (Å²) in [6.07, 6.45) is 4.00. The Bertz CT molecular complexity index is 565. The van der Waals surface area contributed by atoms with Gasteiger partial charge in [0.1, 0.15) is 5.75 Å². The van der Waals surface area contributed by atoms with Crippen molar-refractivity contribution in [3.05, 3.63) is 59.4 Å². The zero-order valence-electron chi connectivity index (χ0n) is 10.8. The van der Waals surface area contributed by atoms with E-state index in [2.05, 4.69) is 10.3 Å². The Kier molecular flexibility index (Phi) is 4.13. The molecule has 0 spiro atoms. The van der Waals surface area contributed by atoms with Crippen LogP contribution in [0.3, 0.4) is 0 Å². The molecule has 0 bridgehead atoms. The average Bonchev–Trinajstić information content (AvgIpc) is 2.41. The molecule has 0 saturated heterocycles. The van der Waals surface area contributed by atoms with Gasteiger partial charge in [0.05, 0.1) is 5.56 Å². The van der Waals surface area contributed by atoms with Crippen LogP contribution in [0.1, 0.15) is 21.5 Å². The number of hydrogen-bond acceptors (Lipinski definition) is 3. The molecule has 0 radical (unpaired) electrons. The standard InChI is InChI=1S/C15H16N2O2/c1-11-8-13(10-16-9-11)15(19)17-7-6-12-2-4-14(18)5-3-12/h2-5,8-10,18H,6-7H2,1H3,(H,17,19). The maximum Gasteiger partial charge on any atom is 0.252 e. The summed E-state index contributed by atoms with van der Waals surface area (Å²) in [5.74, 6) is 0.133. The van der Waals surface area contributed by atoms with Crippen LogP contribution in [0.2, 0.25) is 0 Å². The molecule has 0 unspecified atom stereocenters. The molecular formula is C15H16N2O2. The van der Waals surface area contributed by atoms with Gasteiger partial charge in [-0.3, -0.25) is 9.78 Å². The van der Waals surface area contributed by atoms with Gasteiger partial charge in [0.15, 0.2) is 0 Å². The Morgan fingerprint density at radius 1 is 1.26 bits per heavy atom. The molecule has 4 heteroatoms. The molecule has 0 aliphatic rings. The maximum atomic E-state index is 11.9. The van der Waals surface area contributed by atoms with Gasteiger partial charge < -0.3 is 10.4 Å². The Labute approximate surface area is 112 Å². The van der Waals surface area contributed by atoms with Crippen molar-refractivity contribution in [1.82, 2.24) is 10.3 Å². The van der Waals surface area contributed by atoms with Crippen molar-refractivity contribution in [2.45, 2.75) is 13.3 Å². The van der Waals surface area contributed by atoms with Crippen molar-refractivity contribution in [2.24, 2.45) is 0 Å². The SMILES string of the molecule is Cc1cncc(C(=O)NCCc2ccc(O)cc2)c1. The summed E-state index contributed by atoms with van der Waals surface area (Å²) in [4.78, 5) is 15.8. The van der Waals surface area contributed by atoms with E-state index in [9.17, 15) is 4.79 Å². The molecule has 19 heavy (non-hydrogen) atoms. The van der Waals surface area contributed by atoms with E-state index in [1.54, 1.807) is 24.5 Å². The lowest BCUT2D eigenvalue weighted by molar-refractivity contribution is 0.0953. The van der Waals surface area contributed by atoms with Crippen molar-refractivity contribution < 1.29 is 9.90 Å². The van der Waals surface area contributed by atoms with Gasteiger partial charge >= 0.3 is 0 Å². The highest BCUT2D eigenvalue weighted by Gasteiger charge is 2.05. The zero-order valence-corrected chi connectivity index (χ0v) is 10.8. The predicted molar refractivity (Wildman–Crippen MR) is 73.1 cm³/mol. The molecule has 0 saturated carbocycles. The fourth-order valence-corrected chi connectivity index (χ4v) is 1.76. The summed E-state index contributed by atoms with van der Waals surface area (Å²) in [7, 11) is 0. The van der Waals surface area contributed by atoms with Crippen LogP contribution in [0.5, 0.6) is 5.75 Å². The first-order chi connectivity index (χ1) is 9.15. The molecule has 98 valence electrons. The average molecular weight is 256 g/mol. The Morgan fingerprint density at radius 3 is 2.68 bits per heavy atom. The van der Waals surface area contributed by atoms with E-state index in [1.807, 2.05) is 25.1 Å². The number of hydrogen-bond donors (Lipinski definition) is 2. The van der Waals surface area contributed by atoms with Gasteiger partial charge in [-0.05, 0) is 42.7 Å². The van der Waals surface area contributed by atoms with E-state index < -0.39 is 0 Å². The molecule has 2 aromatic rings. The van der Waals surface area contributed by atoms with E-state index in [0.717, 1.165) is 17.5 Å². The van der Waals surface area contributed by atoms with E-state index >= 15 is 0 Å². The fourth-order valence-electron chi connectivity index (χ4n) is 1.76. The van der Waals surface area contributed by atoms with Crippen LogP contribution in [0.4, 0.5) is 0 Å². The van der Waals surface area contributed by atoms with Gasteiger partial charge in [0, 0.05) is 18.9 Å². The van der Waals surface area contributed by atoms with Gasteiger partial charge in [-0.2, -0.15) is 0 Å². The summed E-state index contributed by atoms with van der Waals surface area (Å²) in [5.41, 5.74) is 2.61. The van der Waals surface area contributed by atoms with Crippen molar-refractivity contribution in [3.8, 4) is 5.75 Å². The summed E-state index contributed by atoms with van der Waals surface area (Å²) >= 11 is 0. The van der Waals surface area contributed by atoms with Crippen LogP contribution in [0, 0.1) is 6.92 Å². The number of nitrogens with zero attached hydrogens (tertiary/aromatic N) is 1. The van der Waals surface area contributed by atoms with E-state index in [1.165, 1.54) is 0 Å². The summed E-state index contributed by atoms with van der Waals surface area (Å²) in [6, 6.07) is 8.78. The number of phenolic OH excluding ortho intramolecular Hbond substituents is 1. The highest BCUT2D eigenvalue weighted by Crippen LogP contribution is 2.09. The Morgan fingerprint density at radius 2 is 2.00 bits per heavy atom. The van der Waals surface area contributed by atoms with Crippen LogP contribution in [0.25, 0.3) is 0 Å². The molecule has 0 atom stereocenters. The third-order valence-electron chi connectivity index (χ3n) is 2.77. The van der Waals surface area contributed by atoms with Crippen LogP contribution in [-0.4, -0.2) is 22.5 Å². The number of carbonyl (C=O) groups is 1. The monoisotopic (exact) mass is 256 g/mol. The van der Waals surface area contributed by atoms with E-state index in [-0.39, 0.29) is 11.7 Å². The number of amides is 1. The fraction of sp³-hybridized carbons (Fsp3) is 0.200. The van der Waals surface area contributed by atoms with Gasteiger partial charge in [0.2, 0.25) is 0 Å². The maximum absolute atomic E-state index is 11.9. The summed E-state index contributed by atoms with van der Waals surface area (Å²) < 4.78 is 0. The lowest BCUT2D eigenvalue weighted by Crippen LogP contribution is -2.25. The van der Waals surface area contributed by atoms with E-state index in [0.29, 0.717) is 12.1 Å². The quantitative estimate of drug-likeness (QED) is 0.880. The molecule has 1 amide bonds. The second-order valence-electron chi connectivity index (χ2n) is 4.42. The predicted octanol–water partition coefficient (Wildman–Crippen LogP) is 2.07. The minimum atomic E-state index is -0.116. The third-order valence-corrected chi connectivity index (χ3v) is 2.77. The van der Waals surface area contributed by atoms with Gasteiger partial charge in [-0.25, -0.2) is 0 Å². The van der Waals surface area contributed by atoms with Crippen LogP contribution >= 0.6 is 0 Å². The summed E-state index contributed by atoms with van der Waals surface area (Å²) in [5, 5.41) is 12.0. The molecule has 2 N–H and O–H groups in total. The number of phenols is 1. The Hall–Kier alpha value is -2.36. The van der Waals surface area contributed by atoms with Gasteiger partial charge in [-0.1, -0.05) is 12.1 Å². The molecule has 1 aromatic heterocycles. The molecule has 4 nitrogen and oxygen atoms in total. The van der Waals surface area contributed by atoms with Crippen LogP contribution < -0.4 is 5.32 Å². The van der Waals surface area contributed by atoms with Crippen molar-refractivity contribution >= 4 is 5.91 Å². The first-order valence-electron chi connectivity index (χ1n) is 6.13. The number of carbonyl (C=O) groups excluding carboxylic acids is 1. The Balaban J connectivity index is 1.86. The minimum absolute atomic E-state index is 0.116. The topological polar surface area (TPSA) is 62.2 Å². The molecule has 0 aliphatic carbocycles. The number of aromatic hydroxyl groups is 1. The molecule has 1 heterocycles. The molecule has 2 rings (SSSR count). The number of benzene rings is 1. The zero-order chi connectivity index (χ0) is 13.7. The normalized spacial score (nSPS) is 10.2. The number of aryl methyl sites for hydroxylation is 1. The van der Waals surface area contributed by atoms with Crippen molar-refractivity contribution in [1.29, 1.82) is 0 Å². The lowest BCUT2D eigenvalue weighted by Gasteiger charge is -2.06. The largest absolute Gasteiger partial charge is 0.508 e. The van der Waals surface area contributed by atoms with Gasteiger partial charge in [0.25, 0.3) is 5.91 Å². The number of pyridine rings is 1. The third kappa shape index (κ3) is 3.81. The second kappa shape index (κ2) is 6.00. The number of rotatable bonds is 4. The van der Waals surface area contributed by atoms with Gasteiger partial charge in [-0.15, -0.1) is 0 Å². The minimum Gasteiger partial charge on any atom is -0.508 e. The van der Waals surface area contributed by atoms with Crippen molar-refractivity contribution in [2.75, 3.05) is 6.54 Å².